The van der Waals surface area contributed by atoms with Crippen LogP contribution in [0.4, 0.5) is 0 Å². The Hall–Kier alpha value is -0.920. The number of carboxylic acid groups (broad SMARTS) is 1. The minimum absolute atomic E-state index is 0.244. The molecular formula is C10H7BrO2S. The highest BCUT2D eigenvalue weighted by molar-refractivity contribution is 9.10. The fraction of sp³-hybridized carbons (Fsp3) is 0.100. The van der Waals surface area contributed by atoms with Gasteiger partial charge >= 0.3 is 5.97 Å². The van der Waals surface area contributed by atoms with Gasteiger partial charge in [-0.25, -0.2) is 4.79 Å². The molecular weight excluding hydrogens is 264 g/mol. The Bertz CT molecular complexity index is 418. The largest absolute Gasteiger partial charge is 0.478 e. The lowest BCUT2D eigenvalue weighted by molar-refractivity contribution is 0.0697. The standard InChI is InChI=1S/C10H7BrO2S/c11-9-6-8(10(12)13)4-3-7(9)2-1-5-14/h3-4,6,14H,5H2,(H,12,13). The maximum atomic E-state index is 10.6. The van der Waals surface area contributed by atoms with Crippen LogP contribution < -0.4 is 0 Å². The molecule has 1 aromatic rings. The monoisotopic (exact) mass is 270 g/mol. The van der Waals surface area contributed by atoms with Gasteiger partial charge in [0, 0.05) is 10.0 Å². The lowest BCUT2D eigenvalue weighted by atomic mass is 10.1. The first-order valence-corrected chi connectivity index (χ1v) is 5.20. The van der Waals surface area contributed by atoms with E-state index in [0.717, 1.165) is 5.56 Å². The van der Waals surface area contributed by atoms with Crippen molar-refractivity contribution in [2.24, 2.45) is 0 Å². The third kappa shape index (κ3) is 2.79. The second-order valence-corrected chi connectivity index (χ2v) is 3.63. The van der Waals surface area contributed by atoms with E-state index in [0.29, 0.717) is 10.2 Å². The molecule has 0 aliphatic heterocycles. The van der Waals surface area contributed by atoms with Crippen molar-refractivity contribution < 1.29 is 9.90 Å². The Labute approximate surface area is 95.9 Å². The summed E-state index contributed by atoms with van der Waals surface area (Å²) in [6.07, 6.45) is 0. The van der Waals surface area contributed by atoms with E-state index >= 15 is 0 Å². The maximum Gasteiger partial charge on any atom is 0.335 e. The van der Waals surface area contributed by atoms with E-state index in [4.69, 9.17) is 5.11 Å². The summed E-state index contributed by atoms with van der Waals surface area (Å²) in [5.41, 5.74) is 1.01. The summed E-state index contributed by atoms with van der Waals surface area (Å²) in [5, 5.41) is 8.71. The maximum absolute atomic E-state index is 10.6. The SMILES string of the molecule is O=C(O)c1ccc(C#CCS)c(Br)c1. The molecule has 2 nitrogen and oxygen atoms in total. The van der Waals surface area contributed by atoms with Crippen molar-refractivity contribution in [3.8, 4) is 11.8 Å². The number of aromatic carboxylic acids is 1. The van der Waals surface area contributed by atoms with Crippen LogP contribution in [0.25, 0.3) is 0 Å². The normalized spacial score (nSPS) is 9.00. The summed E-state index contributed by atoms with van der Waals surface area (Å²) in [6.45, 7) is 0. The average molecular weight is 271 g/mol. The Balaban J connectivity index is 3.07. The van der Waals surface area contributed by atoms with Crippen LogP contribution in [-0.4, -0.2) is 16.8 Å². The van der Waals surface area contributed by atoms with Gasteiger partial charge in [0.25, 0.3) is 0 Å². The van der Waals surface area contributed by atoms with Gasteiger partial charge in [0.2, 0.25) is 0 Å². The van der Waals surface area contributed by atoms with Crippen molar-refractivity contribution in [2.75, 3.05) is 5.75 Å². The molecule has 0 bridgehead atoms. The first-order chi connectivity index (χ1) is 6.65. The van der Waals surface area contributed by atoms with Crippen molar-refractivity contribution >= 4 is 34.5 Å². The van der Waals surface area contributed by atoms with E-state index in [9.17, 15) is 4.79 Å². The Morgan fingerprint density at radius 3 is 2.79 bits per heavy atom. The second kappa shape index (κ2) is 5.08. The highest BCUT2D eigenvalue weighted by Crippen LogP contribution is 2.17. The predicted octanol–water partition coefficient (Wildman–Crippen LogP) is 2.43. The summed E-state index contributed by atoms with van der Waals surface area (Å²) in [5.74, 6) is 5.19. The molecule has 0 aliphatic carbocycles. The third-order valence-electron chi connectivity index (χ3n) is 1.52. The third-order valence-corrected chi connectivity index (χ3v) is 2.33. The molecule has 0 heterocycles. The number of halogens is 1. The smallest absolute Gasteiger partial charge is 0.335 e. The highest BCUT2D eigenvalue weighted by atomic mass is 79.9. The number of thiol groups is 1. The number of hydrogen-bond donors (Lipinski definition) is 2. The molecule has 1 rings (SSSR count). The molecule has 4 heteroatoms. The predicted molar refractivity (Wildman–Crippen MR) is 61.8 cm³/mol. The van der Waals surface area contributed by atoms with Crippen LogP contribution in [0.5, 0.6) is 0 Å². The fourth-order valence-corrected chi connectivity index (χ4v) is 1.44. The van der Waals surface area contributed by atoms with Crippen LogP contribution in [0.2, 0.25) is 0 Å². The van der Waals surface area contributed by atoms with Gasteiger partial charge in [-0.2, -0.15) is 12.6 Å². The quantitative estimate of drug-likeness (QED) is 0.608. The topological polar surface area (TPSA) is 37.3 Å². The van der Waals surface area contributed by atoms with Gasteiger partial charge in [0.1, 0.15) is 0 Å². The molecule has 0 saturated carbocycles. The Kier molecular flexibility index (Phi) is 4.05. The second-order valence-electron chi connectivity index (χ2n) is 2.46. The van der Waals surface area contributed by atoms with E-state index in [1.807, 2.05) is 0 Å². The van der Waals surface area contributed by atoms with E-state index < -0.39 is 5.97 Å². The molecule has 0 saturated heterocycles. The fourth-order valence-electron chi connectivity index (χ4n) is 0.884. The molecule has 1 N–H and O–H groups in total. The van der Waals surface area contributed by atoms with Gasteiger partial charge in [-0.15, -0.1) is 0 Å². The number of hydrogen-bond acceptors (Lipinski definition) is 2. The molecule has 1 aromatic carbocycles. The Morgan fingerprint density at radius 2 is 2.29 bits per heavy atom. The summed E-state index contributed by atoms with van der Waals surface area (Å²) < 4.78 is 0.687. The zero-order valence-electron chi connectivity index (χ0n) is 7.12. The molecule has 0 spiro atoms. The van der Waals surface area contributed by atoms with E-state index in [1.54, 1.807) is 6.07 Å². The van der Waals surface area contributed by atoms with E-state index in [2.05, 4.69) is 40.4 Å². The molecule has 0 radical (unpaired) electrons. The van der Waals surface area contributed by atoms with Gasteiger partial charge in [-0.3, -0.25) is 0 Å². The molecule has 0 atom stereocenters. The highest BCUT2D eigenvalue weighted by Gasteiger charge is 2.04. The first kappa shape index (κ1) is 11.2. The number of carboxylic acids is 1. The molecule has 14 heavy (non-hydrogen) atoms. The van der Waals surface area contributed by atoms with Crippen LogP contribution in [0.3, 0.4) is 0 Å². The van der Waals surface area contributed by atoms with Gasteiger partial charge in [0.05, 0.1) is 11.3 Å². The average Bonchev–Trinajstić information content (AvgIpc) is 2.15. The van der Waals surface area contributed by atoms with Crippen molar-refractivity contribution in [1.82, 2.24) is 0 Å². The zero-order valence-corrected chi connectivity index (χ0v) is 9.60. The first-order valence-electron chi connectivity index (χ1n) is 3.77. The van der Waals surface area contributed by atoms with Crippen molar-refractivity contribution in [2.45, 2.75) is 0 Å². The van der Waals surface area contributed by atoms with E-state index in [-0.39, 0.29) is 5.56 Å². The van der Waals surface area contributed by atoms with Crippen LogP contribution >= 0.6 is 28.6 Å². The molecule has 0 unspecified atom stereocenters. The van der Waals surface area contributed by atoms with Gasteiger partial charge in [-0.05, 0) is 34.1 Å². The summed E-state index contributed by atoms with van der Waals surface area (Å²) in [4.78, 5) is 10.6. The molecule has 0 aliphatic rings. The summed E-state index contributed by atoms with van der Waals surface area (Å²) in [6, 6.07) is 4.73. The van der Waals surface area contributed by atoms with Crippen molar-refractivity contribution in [3.05, 3.63) is 33.8 Å². The van der Waals surface area contributed by atoms with E-state index in [1.165, 1.54) is 12.1 Å². The minimum Gasteiger partial charge on any atom is -0.478 e. The number of carbonyl (C=O) groups is 1. The molecule has 0 amide bonds. The lowest BCUT2D eigenvalue weighted by Crippen LogP contribution is -1.96. The van der Waals surface area contributed by atoms with Crippen molar-refractivity contribution in [1.29, 1.82) is 0 Å². The van der Waals surface area contributed by atoms with Crippen LogP contribution in [0.15, 0.2) is 22.7 Å². The Morgan fingerprint density at radius 1 is 1.57 bits per heavy atom. The minimum atomic E-state index is -0.945. The van der Waals surface area contributed by atoms with Gasteiger partial charge in [0.15, 0.2) is 0 Å². The summed E-state index contributed by atoms with van der Waals surface area (Å²) >= 11 is 7.21. The molecule has 0 fully saturated rings. The zero-order chi connectivity index (χ0) is 10.6. The lowest BCUT2D eigenvalue weighted by Gasteiger charge is -1.98. The van der Waals surface area contributed by atoms with Crippen LogP contribution in [0.1, 0.15) is 15.9 Å². The van der Waals surface area contributed by atoms with Crippen molar-refractivity contribution in [3.63, 3.8) is 0 Å². The van der Waals surface area contributed by atoms with Gasteiger partial charge in [-0.1, -0.05) is 11.8 Å². The van der Waals surface area contributed by atoms with Crippen LogP contribution in [-0.2, 0) is 0 Å². The molecule has 0 aromatic heterocycles. The number of benzene rings is 1. The van der Waals surface area contributed by atoms with Crippen LogP contribution in [0, 0.1) is 11.8 Å². The molecule has 72 valence electrons. The van der Waals surface area contributed by atoms with Gasteiger partial charge < -0.3 is 5.11 Å². The summed E-state index contributed by atoms with van der Waals surface area (Å²) in [7, 11) is 0. The number of rotatable bonds is 1.